The molecule has 2 aromatic carbocycles. The highest BCUT2D eigenvalue weighted by Crippen LogP contribution is 2.26. The van der Waals surface area contributed by atoms with Gasteiger partial charge in [0.15, 0.2) is 0 Å². The molecule has 0 saturated carbocycles. The van der Waals surface area contributed by atoms with E-state index in [-0.39, 0.29) is 17.8 Å². The summed E-state index contributed by atoms with van der Waals surface area (Å²) < 4.78 is 13.9. The Hall–Kier alpha value is -2.20. The molecule has 1 atom stereocenters. The molecule has 126 valence electrons. The Bertz CT molecular complexity index is 759. The molecule has 3 rings (SSSR count). The van der Waals surface area contributed by atoms with Gasteiger partial charge in [0.25, 0.3) is 0 Å². The normalized spacial score (nSPS) is 18.9. The third kappa shape index (κ3) is 3.20. The van der Waals surface area contributed by atoms with Crippen LogP contribution in [0.3, 0.4) is 0 Å². The Labute approximate surface area is 142 Å². The molecule has 1 amide bonds. The molecule has 1 aliphatic rings. The largest absolute Gasteiger partial charge is 0.310 e. The standard InChI is InChI=1S/C20H23FN2O/c1-14-8-9-19(15(2)12-14)23-11-10-22(16(3)20(23)24)13-17-6-4-5-7-18(17)21/h4-9,12,16H,10-11,13H2,1-3H3/t16-/m1/s1. The monoisotopic (exact) mass is 326 g/mol. The summed E-state index contributed by atoms with van der Waals surface area (Å²) in [7, 11) is 0. The molecule has 4 heteroatoms. The minimum absolute atomic E-state index is 0.0737. The highest BCUT2D eigenvalue weighted by molar-refractivity contribution is 5.98. The first-order valence-corrected chi connectivity index (χ1v) is 8.33. The molecule has 0 aromatic heterocycles. The number of anilines is 1. The molecule has 1 fully saturated rings. The van der Waals surface area contributed by atoms with Crippen molar-refractivity contribution in [3.8, 4) is 0 Å². The number of hydrogen-bond donors (Lipinski definition) is 0. The van der Waals surface area contributed by atoms with Crippen molar-refractivity contribution in [3.63, 3.8) is 0 Å². The van der Waals surface area contributed by atoms with E-state index in [1.54, 1.807) is 12.1 Å². The zero-order valence-electron chi connectivity index (χ0n) is 14.4. The van der Waals surface area contributed by atoms with Crippen LogP contribution < -0.4 is 4.90 Å². The molecule has 0 radical (unpaired) electrons. The first kappa shape index (κ1) is 16.7. The van der Waals surface area contributed by atoms with Crippen LogP contribution in [0.5, 0.6) is 0 Å². The second kappa shape index (κ2) is 6.73. The van der Waals surface area contributed by atoms with Gasteiger partial charge < -0.3 is 4.90 Å². The van der Waals surface area contributed by atoms with E-state index in [4.69, 9.17) is 0 Å². The van der Waals surface area contributed by atoms with E-state index in [1.165, 1.54) is 11.6 Å². The number of benzene rings is 2. The van der Waals surface area contributed by atoms with Crippen molar-refractivity contribution < 1.29 is 9.18 Å². The lowest BCUT2D eigenvalue weighted by molar-refractivity contribution is -0.125. The Morgan fingerprint density at radius 1 is 1.12 bits per heavy atom. The van der Waals surface area contributed by atoms with Crippen LogP contribution in [-0.2, 0) is 11.3 Å². The molecular formula is C20H23FN2O. The van der Waals surface area contributed by atoms with E-state index in [9.17, 15) is 9.18 Å². The first-order chi connectivity index (χ1) is 11.5. The molecule has 24 heavy (non-hydrogen) atoms. The Balaban J connectivity index is 1.77. The van der Waals surface area contributed by atoms with Crippen LogP contribution in [-0.4, -0.2) is 29.9 Å². The van der Waals surface area contributed by atoms with Crippen LogP contribution >= 0.6 is 0 Å². The highest BCUT2D eigenvalue weighted by atomic mass is 19.1. The van der Waals surface area contributed by atoms with Gasteiger partial charge in [0.05, 0.1) is 6.04 Å². The molecule has 1 aliphatic heterocycles. The van der Waals surface area contributed by atoms with Crippen molar-refractivity contribution in [2.45, 2.75) is 33.4 Å². The molecule has 0 N–H and O–H groups in total. The lowest BCUT2D eigenvalue weighted by Gasteiger charge is -2.39. The van der Waals surface area contributed by atoms with Gasteiger partial charge in [-0.3, -0.25) is 9.69 Å². The van der Waals surface area contributed by atoms with Gasteiger partial charge in [-0.2, -0.15) is 0 Å². The summed E-state index contributed by atoms with van der Waals surface area (Å²) in [6, 6.07) is 12.6. The van der Waals surface area contributed by atoms with Crippen LogP contribution in [0.15, 0.2) is 42.5 Å². The predicted octanol–water partition coefficient (Wildman–Crippen LogP) is 3.68. The highest BCUT2D eigenvalue weighted by Gasteiger charge is 2.33. The summed E-state index contributed by atoms with van der Waals surface area (Å²) in [5.74, 6) is -0.140. The predicted molar refractivity (Wildman–Crippen MR) is 94.5 cm³/mol. The first-order valence-electron chi connectivity index (χ1n) is 8.33. The average Bonchev–Trinajstić information content (AvgIpc) is 2.55. The second-order valence-corrected chi connectivity index (χ2v) is 6.52. The summed E-state index contributed by atoms with van der Waals surface area (Å²) in [5, 5.41) is 0. The number of piperazine rings is 1. The lowest BCUT2D eigenvalue weighted by atomic mass is 10.1. The minimum Gasteiger partial charge on any atom is -0.310 e. The molecule has 1 saturated heterocycles. The molecular weight excluding hydrogens is 303 g/mol. The Morgan fingerprint density at radius 3 is 2.58 bits per heavy atom. The fourth-order valence-corrected chi connectivity index (χ4v) is 3.32. The summed E-state index contributed by atoms with van der Waals surface area (Å²) in [5.41, 5.74) is 3.91. The van der Waals surface area contributed by atoms with Crippen molar-refractivity contribution in [3.05, 3.63) is 65.0 Å². The third-order valence-electron chi connectivity index (χ3n) is 4.76. The zero-order valence-corrected chi connectivity index (χ0v) is 14.4. The number of rotatable bonds is 3. The molecule has 2 aromatic rings. The van der Waals surface area contributed by atoms with Crippen LogP contribution in [0.4, 0.5) is 10.1 Å². The van der Waals surface area contributed by atoms with E-state index in [2.05, 4.69) is 6.07 Å². The van der Waals surface area contributed by atoms with Gasteiger partial charge >= 0.3 is 0 Å². The molecule has 0 unspecified atom stereocenters. The van der Waals surface area contributed by atoms with E-state index in [1.807, 2.05) is 48.8 Å². The number of carbonyl (C=O) groups is 1. The second-order valence-electron chi connectivity index (χ2n) is 6.52. The molecule has 3 nitrogen and oxygen atoms in total. The van der Waals surface area contributed by atoms with E-state index in [0.29, 0.717) is 18.7 Å². The third-order valence-corrected chi connectivity index (χ3v) is 4.76. The van der Waals surface area contributed by atoms with Crippen molar-refractivity contribution in [2.75, 3.05) is 18.0 Å². The molecule has 0 aliphatic carbocycles. The number of halogens is 1. The summed E-state index contributed by atoms with van der Waals surface area (Å²) >= 11 is 0. The fourth-order valence-electron chi connectivity index (χ4n) is 3.32. The smallest absolute Gasteiger partial charge is 0.244 e. The SMILES string of the molecule is Cc1ccc(N2CCN(Cc3ccccc3F)[C@H](C)C2=O)c(C)c1. The van der Waals surface area contributed by atoms with Crippen LogP contribution in [0.1, 0.15) is 23.6 Å². The average molecular weight is 326 g/mol. The topological polar surface area (TPSA) is 23.6 Å². The van der Waals surface area contributed by atoms with Gasteiger partial charge in [-0.15, -0.1) is 0 Å². The minimum atomic E-state index is -0.265. The van der Waals surface area contributed by atoms with Crippen LogP contribution in [0.25, 0.3) is 0 Å². The number of carbonyl (C=O) groups excluding carboxylic acids is 1. The van der Waals surface area contributed by atoms with Crippen molar-refractivity contribution in [2.24, 2.45) is 0 Å². The Morgan fingerprint density at radius 2 is 1.88 bits per heavy atom. The zero-order chi connectivity index (χ0) is 17.3. The van der Waals surface area contributed by atoms with Crippen molar-refractivity contribution >= 4 is 11.6 Å². The fraction of sp³-hybridized carbons (Fsp3) is 0.350. The van der Waals surface area contributed by atoms with Crippen LogP contribution in [0, 0.1) is 19.7 Å². The summed E-state index contributed by atoms with van der Waals surface area (Å²) in [6.45, 7) is 7.80. The molecule has 1 heterocycles. The van der Waals surface area contributed by atoms with Gasteiger partial charge in [0.2, 0.25) is 5.91 Å². The number of hydrogen-bond acceptors (Lipinski definition) is 2. The van der Waals surface area contributed by atoms with Gasteiger partial charge in [0, 0.05) is 30.9 Å². The quantitative estimate of drug-likeness (QED) is 0.859. The maximum Gasteiger partial charge on any atom is 0.244 e. The lowest BCUT2D eigenvalue weighted by Crippen LogP contribution is -2.55. The van der Waals surface area contributed by atoms with Crippen molar-refractivity contribution in [1.82, 2.24) is 4.90 Å². The maximum absolute atomic E-state index is 13.9. The van der Waals surface area contributed by atoms with Gasteiger partial charge in [-0.1, -0.05) is 35.9 Å². The number of amides is 1. The van der Waals surface area contributed by atoms with Gasteiger partial charge in [-0.25, -0.2) is 4.39 Å². The number of nitrogens with zero attached hydrogens (tertiary/aromatic N) is 2. The van der Waals surface area contributed by atoms with E-state index in [0.717, 1.165) is 17.8 Å². The van der Waals surface area contributed by atoms with Gasteiger partial charge in [-0.05, 0) is 38.5 Å². The summed E-state index contributed by atoms with van der Waals surface area (Å²) in [4.78, 5) is 16.7. The van der Waals surface area contributed by atoms with Crippen molar-refractivity contribution in [1.29, 1.82) is 0 Å². The molecule has 0 bridgehead atoms. The van der Waals surface area contributed by atoms with E-state index >= 15 is 0 Å². The molecule has 0 spiro atoms. The van der Waals surface area contributed by atoms with E-state index < -0.39 is 0 Å². The Kier molecular flexibility index (Phi) is 4.67. The summed E-state index contributed by atoms with van der Waals surface area (Å²) in [6.07, 6.45) is 0. The van der Waals surface area contributed by atoms with Crippen LogP contribution in [0.2, 0.25) is 0 Å². The maximum atomic E-state index is 13.9. The number of aryl methyl sites for hydroxylation is 2. The van der Waals surface area contributed by atoms with Gasteiger partial charge in [0.1, 0.15) is 5.82 Å².